The largest absolute Gasteiger partial charge is 0.388 e. The lowest BCUT2D eigenvalue weighted by Gasteiger charge is -1.97. The van der Waals surface area contributed by atoms with Crippen molar-refractivity contribution in [2.45, 2.75) is 20.0 Å². The van der Waals surface area contributed by atoms with Crippen LogP contribution >= 0.6 is 0 Å². The van der Waals surface area contributed by atoms with Gasteiger partial charge in [0.05, 0.1) is 6.42 Å². The number of nitrogens with zero attached hydrogens (tertiary/aromatic N) is 2. The number of aromatic nitrogens is 2. The molecule has 1 aromatic heterocycles. The van der Waals surface area contributed by atoms with Gasteiger partial charge in [0.25, 0.3) is 0 Å². The molecule has 1 N–H and O–H groups in total. The summed E-state index contributed by atoms with van der Waals surface area (Å²) in [5, 5.41) is 12.4. The number of aryl methyl sites for hydroxylation is 1. The highest BCUT2D eigenvalue weighted by molar-refractivity contribution is 5.24. The standard InChI is InChI=1S/C11H12N2O2/c1-8-3-2-4-9(5-8)6-11-12-10(7-14)13-15-11/h2-5,14H,6-7H2,1H3. The fourth-order valence-corrected chi connectivity index (χ4v) is 1.42. The second-order valence-corrected chi connectivity index (χ2v) is 3.43. The molecule has 4 nitrogen and oxygen atoms in total. The Hall–Kier alpha value is -1.68. The van der Waals surface area contributed by atoms with Gasteiger partial charge in [0.1, 0.15) is 6.61 Å². The predicted molar refractivity (Wildman–Crippen MR) is 54.2 cm³/mol. The molecule has 0 aliphatic carbocycles. The van der Waals surface area contributed by atoms with Crippen LogP contribution in [0.5, 0.6) is 0 Å². The monoisotopic (exact) mass is 204 g/mol. The summed E-state index contributed by atoms with van der Waals surface area (Å²) < 4.78 is 4.98. The average molecular weight is 204 g/mol. The molecule has 0 atom stereocenters. The Kier molecular flexibility index (Phi) is 2.78. The third-order valence-electron chi connectivity index (χ3n) is 2.09. The molecule has 0 amide bonds. The van der Waals surface area contributed by atoms with Gasteiger partial charge in [-0.1, -0.05) is 35.0 Å². The van der Waals surface area contributed by atoms with E-state index in [1.807, 2.05) is 25.1 Å². The Balaban J connectivity index is 2.14. The van der Waals surface area contributed by atoms with Gasteiger partial charge in [-0.25, -0.2) is 0 Å². The molecule has 1 heterocycles. The molecule has 0 saturated carbocycles. The van der Waals surface area contributed by atoms with Crippen LogP contribution in [-0.4, -0.2) is 15.2 Å². The first-order chi connectivity index (χ1) is 7.28. The van der Waals surface area contributed by atoms with Gasteiger partial charge in [0.2, 0.25) is 5.89 Å². The maximum Gasteiger partial charge on any atom is 0.231 e. The minimum absolute atomic E-state index is 0.183. The smallest absolute Gasteiger partial charge is 0.231 e. The first-order valence-electron chi connectivity index (χ1n) is 4.76. The second kappa shape index (κ2) is 4.23. The van der Waals surface area contributed by atoms with Crippen LogP contribution in [0, 0.1) is 6.92 Å². The predicted octanol–water partition coefficient (Wildman–Crippen LogP) is 1.46. The first kappa shape index (κ1) is 9.86. The molecule has 0 aliphatic heterocycles. The van der Waals surface area contributed by atoms with Crippen molar-refractivity contribution in [3.8, 4) is 0 Å². The number of aliphatic hydroxyl groups is 1. The van der Waals surface area contributed by atoms with Gasteiger partial charge in [-0.05, 0) is 12.5 Å². The van der Waals surface area contributed by atoms with Crippen molar-refractivity contribution in [1.82, 2.24) is 10.1 Å². The zero-order valence-electron chi connectivity index (χ0n) is 8.47. The summed E-state index contributed by atoms with van der Waals surface area (Å²) in [6.45, 7) is 1.85. The van der Waals surface area contributed by atoms with Gasteiger partial charge in [0, 0.05) is 0 Å². The van der Waals surface area contributed by atoms with E-state index < -0.39 is 0 Å². The molecule has 2 rings (SSSR count). The molecule has 15 heavy (non-hydrogen) atoms. The van der Waals surface area contributed by atoms with E-state index in [0.717, 1.165) is 5.56 Å². The van der Waals surface area contributed by atoms with Crippen LogP contribution in [-0.2, 0) is 13.0 Å². The van der Waals surface area contributed by atoms with Crippen LogP contribution in [0.15, 0.2) is 28.8 Å². The number of benzene rings is 1. The number of rotatable bonds is 3. The zero-order valence-corrected chi connectivity index (χ0v) is 8.47. The topological polar surface area (TPSA) is 59.2 Å². The van der Waals surface area contributed by atoms with Crippen molar-refractivity contribution in [2.24, 2.45) is 0 Å². The summed E-state index contributed by atoms with van der Waals surface area (Å²) >= 11 is 0. The van der Waals surface area contributed by atoms with E-state index in [4.69, 9.17) is 9.63 Å². The normalized spacial score (nSPS) is 10.5. The zero-order chi connectivity index (χ0) is 10.7. The SMILES string of the molecule is Cc1cccc(Cc2nc(CO)no2)c1. The molecule has 0 bridgehead atoms. The van der Waals surface area contributed by atoms with Crippen LogP contribution in [0.4, 0.5) is 0 Å². The summed E-state index contributed by atoms with van der Waals surface area (Å²) in [5.74, 6) is 0.863. The lowest BCUT2D eigenvalue weighted by Crippen LogP contribution is -1.90. The first-order valence-corrected chi connectivity index (χ1v) is 4.76. The molecule has 78 valence electrons. The quantitative estimate of drug-likeness (QED) is 0.822. The molecule has 0 saturated heterocycles. The van der Waals surface area contributed by atoms with Gasteiger partial charge in [0.15, 0.2) is 5.82 Å². The molecule has 0 radical (unpaired) electrons. The fourth-order valence-electron chi connectivity index (χ4n) is 1.42. The van der Waals surface area contributed by atoms with Crippen LogP contribution < -0.4 is 0 Å². The lowest BCUT2D eigenvalue weighted by atomic mass is 10.1. The van der Waals surface area contributed by atoms with Crippen molar-refractivity contribution in [3.05, 3.63) is 47.1 Å². The summed E-state index contributed by atoms with van der Waals surface area (Å²) in [6, 6.07) is 8.11. The van der Waals surface area contributed by atoms with E-state index in [1.165, 1.54) is 5.56 Å². The fraction of sp³-hybridized carbons (Fsp3) is 0.273. The highest BCUT2D eigenvalue weighted by atomic mass is 16.5. The number of hydrogen-bond acceptors (Lipinski definition) is 4. The van der Waals surface area contributed by atoms with Crippen LogP contribution in [0.2, 0.25) is 0 Å². The second-order valence-electron chi connectivity index (χ2n) is 3.43. The molecule has 1 aromatic carbocycles. The lowest BCUT2D eigenvalue weighted by molar-refractivity contribution is 0.263. The summed E-state index contributed by atoms with van der Waals surface area (Å²) in [7, 11) is 0. The molecule has 4 heteroatoms. The van der Waals surface area contributed by atoms with Gasteiger partial charge >= 0.3 is 0 Å². The van der Waals surface area contributed by atoms with Crippen LogP contribution in [0.3, 0.4) is 0 Å². The molecular weight excluding hydrogens is 192 g/mol. The van der Waals surface area contributed by atoms with E-state index in [0.29, 0.717) is 18.1 Å². The van der Waals surface area contributed by atoms with E-state index in [2.05, 4.69) is 16.2 Å². The van der Waals surface area contributed by atoms with Crippen LogP contribution in [0.25, 0.3) is 0 Å². The van der Waals surface area contributed by atoms with Crippen molar-refractivity contribution in [3.63, 3.8) is 0 Å². The van der Waals surface area contributed by atoms with E-state index in [1.54, 1.807) is 0 Å². The molecule has 2 aromatic rings. The Bertz CT molecular complexity index is 451. The third kappa shape index (κ3) is 2.41. The summed E-state index contributed by atoms with van der Waals surface area (Å²) in [4.78, 5) is 4.03. The Labute approximate surface area is 87.6 Å². The molecule has 0 aliphatic rings. The van der Waals surface area contributed by atoms with Crippen molar-refractivity contribution in [2.75, 3.05) is 0 Å². The van der Waals surface area contributed by atoms with E-state index in [-0.39, 0.29) is 6.61 Å². The third-order valence-corrected chi connectivity index (χ3v) is 2.09. The minimum Gasteiger partial charge on any atom is -0.388 e. The van der Waals surface area contributed by atoms with Crippen LogP contribution in [0.1, 0.15) is 22.8 Å². The number of hydrogen-bond donors (Lipinski definition) is 1. The highest BCUT2D eigenvalue weighted by Gasteiger charge is 2.05. The van der Waals surface area contributed by atoms with Gasteiger partial charge < -0.3 is 9.63 Å². The maximum absolute atomic E-state index is 8.78. The minimum atomic E-state index is -0.183. The maximum atomic E-state index is 8.78. The summed E-state index contributed by atoms with van der Waals surface area (Å²) in [5.41, 5.74) is 2.33. The van der Waals surface area contributed by atoms with Gasteiger partial charge in [-0.3, -0.25) is 0 Å². The van der Waals surface area contributed by atoms with E-state index in [9.17, 15) is 0 Å². The van der Waals surface area contributed by atoms with Crippen molar-refractivity contribution >= 4 is 0 Å². The Morgan fingerprint density at radius 3 is 2.93 bits per heavy atom. The van der Waals surface area contributed by atoms with Crippen molar-refractivity contribution < 1.29 is 9.63 Å². The van der Waals surface area contributed by atoms with Gasteiger partial charge in [-0.2, -0.15) is 4.98 Å². The average Bonchev–Trinajstić information content (AvgIpc) is 2.65. The Morgan fingerprint density at radius 2 is 2.27 bits per heavy atom. The molecular formula is C11H12N2O2. The Morgan fingerprint density at radius 1 is 1.40 bits per heavy atom. The number of aliphatic hydroxyl groups excluding tert-OH is 1. The molecule has 0 unspecified atom stereocenters. The molecule has 0 fully saturated rings. The van der Waals surface area contributed by atoms with Crippen molar-refractivity contribution in [1.29, 1.82) is 0 Å². The van der Waals surface area contributed by atoms with Gasteiger partial charge in [-0.15, -0.1) is 0 Å². The summed E-state index contributed by atoms with van der Waals surface area (Å²) in [6.07, 6.45) is 0.606. The van der Waals surface area contributed by atoms with E-state index >= 15 is 0 Å². The molecule has 0 spiro atoms. The highest BCUT2D eigenvalue weighted by Crippen LogP contribution is 2.09.